The van der Waals surface area contributed by atoms with Gasteiger partial charge in [0.2, 0.25) is 0 Å². The summed E-state index contributed by atoms with van der Waals surface area (Å²) in [5.74, 6) is 0.373. The van der Waals surface area contributed by atoms with Crippen LogP contribution in [0.25, 0.3) is 0 Å². The lowest BCUT2D eigenvalue weighted by molar-refractivity contribution is 0.0946. The minimum atomic E-state index is 0.106. The number of benzene rings is 1. The molecule has 0 aliphatic heterocycles. The fraction of sp³-hybridized carbons (Fsp3) is 0.500. The lowest BCUT2D eigenvalue weighted by atomic mass is 9.94. The summed E-state index contributed by atoms with van der Waals surface area (Å²) in [4.78, 5) is 12.0. The van der Waals surface area contributed by atoms with Crippen molar-refractivity contribution in [2.75, 3.05) is 0 Å². The zero-order valence-electron chi connectivity index (χ0n) is 9.64. The number of rotatable bonds is 1. The molecule has 0 N–H and O–H groups in total. The molecule has 0 spiro atoms. The molecule has 0 heterocycles. The van der Waals surface area contributed by atoms with Crippen molar-refractivity contribution in [3.63, 3.8) is 0 Å². The van der Waals surface area contributed by atoms with Crippen LogP contribution < -0.4 is 0 Å². The Labute approximate surface area is 101 Å². The molecule has 0 aromatic heterocycles. The van der Waals surface area contributed by atoms with E-state index in [1.807, 2.05) is 6.92 Å². The second kappa shape index (κ2) is 3.10. The SMILES string of the molecule is CC1Cc2c(Cl)cc(C3(C)CC3)cc2C1=O. The standard InChI is InChI=1S/C14H15ClO/c1-8-5-10-11(13(8)16)6-9(7-12(10)15)14(2)3-4-14/h6-8H,3-5H2,1-2H3. The van der Waals surface area contributed by atoms with E-state index in [1.165, 1.54) is 18.4 Å². The summed E-state index contributed by atoms with van der Waals surface area (Å²) >= 11 is 6.29. The summed E-state index contributed by atoms with van der Waals surface area (Å²) in [5.41, 5.74) is 3.47. The number of carbonyl (C=O) groups excluding carboxylic acids is 1. The first-order chi connectivity index (χ1) is 7.51. The van der Waals surface area contributed by atoms with E-state index in [4.69, 9.17) is 11.6 Å². The van der Waals surface area contributed by atoms with Gasteiger partial charge in [0, 0.05) is 16.5 Å². The molecule has 3 rings (SSSR count). The van der Waals surface area contributed by atoms with Gasteiger partial charge in [0.15, 0.2) is 5.78 Å². The molecule has 2 aliphatic rings. The van der Waals surface area contributed by atoms with Gasteiger partial charge in [-0.3, -0.25) is 4.79 Å². The van der Waals surface area contributed by atoms with Crippen molar-refractivity contribution in [2.24, 2.45) is 5.92 Å². The first kappa shape index (κ1) is 10.3. The molecule has 1 fully saturated rings. The largest absolute Gasteiger partial charge is 0.294 e. The highest BCUT2D eigenvalue weighted by Gasteiger charge is 2.41. The number of Topliss-reactive ketones (excluding diaryl/α,β-unsaturated/α-hetero) is 1. The van der Waals surface area contributed by atoms with E-state index >= 15 is 0 Å². The van der Waals surface area contributed by atoms with Crippen LogP contribution in [0.15, 0.2) is 12.1 Å². The number of carbonyl (C=O) groups is 1. The van der Waals surface area contributed by atoms with Crippen molar-refractivity contribution in [2.45, 2.75) is 38.5 Å². The van der Waals surface area contributed by atoms with Gasteiger partial charge in [0.05, 0.1) is 0 Å². The predicted molar refractivity (Wildman–Crippen MR) is 65.2 cm³/mol. The Morgan fingerprint density at radius 1 is 1.38 bits per heavy atom. The zero-order valence-corrected chi connectivity index (χ0v) is 10.4. The topological polar surface area (TPSA) is 17.1 Å². The van der Waals surface area contributed by atoms with Gasteiger partial charge in [0.25, 0.3) is 0 Å². The molecule has 0 saturated heterocycles. The summed E-state index contributed by atoms with van der Waals surface area (Å²) in [6.45, 7) is 4.23. The summed E-state index contributed by atoms with van der Waals surface area (Å²) in [7, 11) is 0. The lowest BCUT2D eigenvalue weighted by Gasteiger charge is -2.11. The predicted octanol–water partition coefficient (Wildman–Crippen LogP) is 3.77. The van der Waals surface area contributed by atoms with E-state index < -0.39 is 0 Å². The van der Waals surface area contributed by atoms with Gasteiger partial charge in [-0.2, -0.15) is 0 Å². The molecule has 0 radical (unpaired) electrons. The van der Waals surface area contributed by atoms with Crippen LogP contribution in [0.3, 0.4) is 0 Å². The van der Waals surface area contributed by atoms with E-state index in [9.17, 15) is 4.79 Å². The van der Waals surface area contributed by atoms with Crippen LogP contribution in [0.4, 0.5) is 0 Å². The second-order valence-corrected chi connectivity index (χ2v) is 5.92. The number of fused-ring (bicyclic) bond motifs is 1. The quantitative estimate of drug-likeness (QED) is 0.723. The summed E-state index contributed by atoms with van der Waals surface area (Å²) in [6.07, 6.45) is 3.24. The van der Waals surface area contributed by atoms with Crippen molar-refractivity contribution in [3.8, 4) is 0 Å². The molecule has 2 heteroatoms. The maximum absolute atomic E-state index is 12.0. The van der Waals surface area contributed by atoms with Crippen molar-refractivity contribution >= 4 is 17.4 Å². The van der Waals surface area contributed by atoms with Crippen molar-refractivity contribution in [3.05, 3.63) is 33.8 Å². The van der Waals surface area contributed by atoms with Crippen LogP contribution in [0.1, 0.15) is 48.2 Å². The molecule has 1 atom stereocenters. The van der Waals surface area contributed by atoms with Gasteiger partial charge in [-0.05, 0) is 47.9 Å². The lowest BCUT2D eigenvalue weighted by Crippen LogP contribution is -2.05. The Bertz CT molecular complexity index is 486. The Hall–Kier alpha value is -0.820. The molecule has 16 heavy (non-hydrogen) atoms. The molecule has 1 aromatic rings. The van der Waals surface area contributed by atoms with Crippen molar-refractivity contribution < 1.29 is 4.79 Å². The second-order valence-electron chi connectivity index (χ2n) is 5.51. The van der Waals surface area contributed by atoms with Crippen molar-refractivity contribution in [1.29, 1.82) is 0 Å². The maximum Gasteiger partial charge on any atom is 0.166 e. The molecule has 2 aliphatic carbocycles. The first-order valence-corrected chi connectivity index (χ1v) is 6.26. The average molecular weight is 235 g/mol. The Balaban J connectivity index is 2.15. The van der Waals surface area contributed by atoms with E-state index in [0.717, 1.165) is 22.6 Å². The average Bonchev–Trinajstić information content (AvgIpc) is 2.92. The normalized spacial score (nSPS) is 25.7. The molecule has 84 valence electrons. The third-order valence-electron chi connectivity index (χ3n) is 4.12. The highest BCUT2D eigenvalue weighted by Crippen LogP contribution is 2.49. The summed E-state index contributed by atoms with van der Waals surface area (Å²) < 4.78 is 0. The Kier molecular flexibility index (Phi) is 2.00. The monoisotopic (exact) mass is 234 g/mol. The molecule has 1 aromatic carbocycles. The minimum Gasteiger partial charge on any atom is -0.294 e. The summed E-state index contributed by atoms with van der Waals surface area (Å²) in [5, 5.41) is 0.790. The van der Waals surface area contributed by atoms with Gasteiger partial charge in [-0.25, -0.2) is 0 Å². The number of halogens is 1. The highest BCUT2D eigenvalue weighted by molar-refractivity contribution is 6.32. The maximum atomic E-state index is 12.0. The minimum absolute atomic E-state index is 0.106. The van der Waals surface area contributed by atoms with E-state index in [0.29, 0.717) is 0 Å². The van der Waals surface area contributed by atoms with Crippen LogP contribution in [-0.2, 0) is 11.8 Å². The molecule has 0 bridgehead atoms. The molecule has 1 saturated carbocycles. The third kappa shape index (κ3) is 1.34. The smallest absolute Gasteiger partial charge is 0.166 e. The Morgan fingerprint density at radius 2 is 2.06 bits per heavy atom. The molecular weight excluding hydrogens is 220 g/mol. The third-order valence-corrected chi connectivity index (χ3v) is 4.45. The van der Waals surface area contributed by atoms with Gasteiger partial charge in [0.1, 0.15) is 0 Å². The first-order valence-electron chi connectivity index (χ1n) is 5.88. The zero-order chi connectivity index (χ0) is 11.5. The highest BCUT2D eigenvalue weighted by atomic mass is 35.5. The Morgan fingerprint density at radius 3 is 2.69 bits per heavy atom. The molecule has 1 unspecified atom stereocenters. The van der Waals surface area contributed by atoms with Crippen LogP contribution in [0, 0.1) is 5.92 Å². The summed E-state index contributed by atoms with van der Waals surface area (Å²) in [6, 6.07) is 4.15. The van der Waals surface area contributed by atoms with Crippen LogP contribution in [0.2, 0.25) is 5.02 Å². The van der Waals surface area contributed by atoms with Crippen LogP contribution >= 0.6 is 11.6 Å². The van der Waals surface area contributed by atoms with Gasteiger partial charge in [-0.1, -0.05) is 25.4 Å². The fourth-order valence-corrected chi connectivity index (χ4v) is 2.85. The van der Waals surface area contributed by atoms with E-state index in [2.05, 4.69) is 19.1 Å². The fourth-order valence-electron chi connectivity index (χ4n) is 2.55. The van der Waals surface area contributed by atoms with E-state index in [-0.39, 0.29) is 17.1 Å². The van der Waals surface area contributed by atoms with Gasteiger partial charge >= 0.3 is 0 Å². The van der Waals surface area contributed by atoms with Crippen molar-refractivity contribution in [1.82, 2.24) is 0 Å². The molecule has 1 nitrogen and oxygen atoms in total. The number of ketones is 1. The van der Waals surface area contributed by atoms with E-state index in [1.54, 1.807) is 0 Å². The number of hydrogen-bond acceptors (Lipinski definition) is 1. The van der Waals surface area contributed by atoms with Crippen LogP contribution in [0.5, 0.6) is 0 Å². The number of hydrogen-bond donors (Lipinski definition) is 0. The molecular formula is C14H15ClO. The van der Waals surface area contributed by atoms with Crippen LogP contribution in [-0.4, -0.2) is 5.78 Å². The van der Waals surface area contributed by atoms with Gasteiger partial charge < -0.3 is 0 Å². The molecule has 0 amide bonds. The van der Waals surface area contributed by atoms with Gasteiger partial charge in [-0.15, -0.1) is 0 Å².